The van der Waals surface area contributed by atoms with E-state index in [1.807, 2.05) is 4.90 Å². The first-order valence-corrected chi connectivity index (χ1v) is 7.33. The third-order valence-electron chi connectivity index (χ3n) is 4.96. The van der Waals surface area contributed by atoms with Crippen LogP contribution in [0.5, 0.6) is 0 Å². The molecule has 0 aromatic rings. The Kier molecular flexibility index (Phi) is 3.94. The van der Waals surface area contributed by atoms with Crippen LogP contribution in [0.25, 0.3) is 0 Å². The van der Waals surface area contributed by atoms with Gasteiger partial charge in [-0.05, 0) is 38.5 Å². The van der Waals surface area contributed by atoms with Crippen molar-refractivity contribution in [3.05, 3.63) is 0 Å². The molecule has 1 aliphatic heterocycles. The first kappa shape index (κ1) is 13.4. The van der Waals surface area contributed by atoms with Crippen molar-refractivity contribution in [3.8, 4) is 6.07 Å². The summed E-state index contributed by atoms with van der Waals surface area (Å²) in [7, 11) is 0. The van der Waals surface area contributed by atoms with Crippen LogP contribution in [-0.2, 0) is 4.79 Å². The minimum atomic E-state index is -0.705. The van der Waals surface area contributed by atoms with E-state index in [2.05, 4.69) is 19.9 Å². The summed E-state index contributed by atoms with van der Waals surface area (Å²) < 4.78 is 0. The van der Waals surface area contributed by atoms with E-state index in [4.69, 9.17) is 0 Å². The standard InChI is InChI=1S/C15H24N2O/c1-12-7-6-10-17(13(12)2)14(18)15(11-16)8-4-3-5-9-15/h12-13H,3-10H2,1-2H3. The smallest absolute Gasteiger partial charge is 0.243 e. The fourth-order valence-electron chi connectivity index (χ4n) is 3.43. The quantitative estimate of drug-likeness (QED) is 0.715. The van der Waals surface area contributed by atoms with Crippen molar-refractivity contribution >= 4 is 5.91 Å². The number of hydrogen-bond donors (Lipinski definition) is 0. The van der Waals surface area contributed by atoms with Crippen molar-refractivity contribution in [1.29, 1.82) is 5.26 Å². The zero-order valence-electron chi connectivity index (χ0n) is 11.6. The molecule has 1 saturated heterocycles. The van der Waals surface area contributed by atoms with E-state index < -0.39 is 5.41 Å². The Morgan fingerprint density at radius 1 is 1.22 bits per heavy atom. The Labute approximate surface area is 110 Å². The highest BCUT2D eigenvalue weighted by Crippen LogP contribution is 2.39. The highest BCUT2D eigenvalue weighted by atomic mass is 16.2. The maximum atomic E-state index is 12.8. The molecule has 0 bridgehead atoms. The lowest BCUT2D eigenvalue weighted by Gasteiger charge is -2.42. The van der Waals surface area contributed by atoms with E-state index in [0.717, 1.165) is 38.6 Å². The van der Waals surface area contributed by atoms with Crippen LogP contribution in [-0.4, -0.2) is 23.4 Å². The van der Waals surface area contributed by atoms with E-state index >= 15 is 0 Å². The van der Waals surface area contributed by atoms with Gasteiger partial charge < -0.3 is 4.90 Å². The van der Waals surface area contributed by atoms with Crippen LogP contribution in [0.3, 0.4) is 0 Å². The molecule has 0 aromatic heterocycles. The van der Waals surface area contributed by atoms with E-state index in [0.29, 0.717) is 12.0 Å². The second kappa shape index (κ2) is 5.30. The summed E-state index contributed by atoms with van der Waals surface area (Å²) in [6.45, 7) is 5.19. The molecule has 2 aliphatic rings. The number of amides is 1. The number of carbonyl (C=O) groups excluding carboxylic acids is 1. The Morgan fingerprint density at radius 2 is 1.89 bits per heavy atom. The Balaban J connectivity index is 2.16. The molecule has 2 fully saturated rings. The van der Waals surface area contributed by atoms with Gasteiger partial charge in [-0.1, -0.05) is 26.2 Å². The second-order valence-corrected chi connectivity index (χ2v) is 6.11. The lowest BCUT2D eigenvalue weighted by molar-refractivity contribution is -0.145. The SMILES string of the molecule is CC1CCCN(C(=O)C2(C#N)CCCCC2)C1C. The summed E-state index contributed by atoms with van der Waals surface area (Å²) in [5.74, 6) is 0.672. The van der Waals surface area contributed by atoms with E-state index in [1.54, 1.807) is 0 Å². The van der Waals surface area contributed by atoms with Gasteiger partial charge in [-0.15, -0.1) is 0 Å². The average Bonchev–Trinajstić information content (AvgIpc) is 2.42. The molecule has 2 unspecified atom stereocenters. The van der Waals surface area contributed by atoms with Crippen LogP contribution in [0.4, 0.5) is 0 Å². The molecule has 0 spiro atoms. The summed E-state index contributed by atoms with van der Waals surface area (Å²) in [6.07, 6.45) is 7.03. The Hall–Kier alpha value is -1.04. The largest absolute Gasteiger partial charge is 0.338 e. The molecular formula is C15H24N2O. The van der Waals surface area contributed by atoms with Gasteiger partial charge in [-0.25, -0.2) is 0 Å². The van der Waals surface area contributed by atoms with Gasteiger partial charge in [-0.3, -0.25) is 4.79 Å². The topological polar surface area (TPSA) is 44.1 Å². The minimum Gasteiger partial charge on any atom is -0.338 e. The third kappa shape index (κ3) is 2.25. The summed E-state index contributed by atoms with van der Waals surface area (Å²) in [5, 5.41) is 9.50. The molecule has 2 atom stereocenters. The van der Waals surface area contributed by atoms with Crippen LogP contribution < -0.4 is 0 Å². The Morgan fingerprint density at radius 3 is 2.50 bits per heavy atom. The number of hydrogen-bond acceptors (Lipinski definition) is 2. The molecule has 18 heavy (non-hydrogen) atoms. The Bertz CT molecular complexity index is 352. The summed E-state index contributed by atoms with van der Waals surface area (Å²) in [6, 6.07) is 2.65. The molecule has 1 heterocycles. The number of carbonyl (C=O) groups is 1. The van der Waals surface area contributed by atoms with Crippen LogP contribution >= 0.6 is 0 Å². The maximum Gasteiger partial charge on any atom is 0.243 e. The zero-order chi connectivity index (χ0) is 13.2. The molecule has 1 aliphatic carbocycles. The summed E-state index contributed by atoms with van der Waals surface area (Å²) >= 11 is 0. The number of nitriles is 1. The third-order valence-corrected chi connectivity index (χ3v) is 4.96. The van der Waals surface area contributed by atoms with Gasteiger partial charge in [0.25, 0.3) is 0 Å². The predicted octanol–water partition coefficient (Wildman–Crippen LogP) is 3.11. The van der Waals surface area contributed by atoms with Gasteiger partial charge in [-0.2, -0.15) is 5.26 Å². The van der Waals surface area contributed by atoms with Gasteiger partial charge in [0.1, 0.15) is 5.41 Å². The molecule has 0 N–H and O–H groups in total. The lowest BCUT2D eigenvalue weighted by atomic mass is 9.73. The summed E-state index contributed by atoms with van der Waals surface area (Å²) in [5.41, 5.74) is -0.705. The fourth-order valence-corrected chi connectivity index (χ4v) is 3.43. The molecule has 0 aromatic carbocycles. The van der Waals surface area contributed by atoms with Gasteiger partial charge in [0.2, 0.25) is 5.91 Å². The van der Waals surface area contributed by atoms with Crippen molar-refractivity contribution in [2.24, 2.45) is 11.3 Å². The van der Waals surface area contributed by atoms with Crippen molar-refractivity contribution in [2.75, 3.05) is 6.54 Å². The summed E-state index contributed by atoms with van der Waals surface area (Å²) in [4.78, 5) is 14.8. The maximum absolute atomic E-state index is 12.8. The molecule has 0 radical (unpaired) electrons. The van der Waals surface area contributed by atoms with E-state index in [9.17, 15) is 10.1 Å². The first-order chi connectivity index (χ1) is 8.60. The number of rotatable bonds is 1. The highest BCUT2D eigenvalue weighted by molar-refractivity contribution is 5.86. The van der Waals surface area contributed by atoms with Gasteiger partial charge in [0.05, 0.1) is 6.07 Å². The van der Waals surface area contributed by atoms with E-state index in [-0.39, 0.29) is 5.91 Å². The van der Waals surface area contributed by atoms with Crippen LogP contribution in [0.1, 0.15) is 58.8 Å². The number of nitrogens with zero attached hydrogens (tertiary/aromatic N) is 2. The minimum absolute atomic E-state index is 0.115. The first-order valence-electron chi connectivity index (χ1n) is 7.33. The fraction of sp³-hybridized carbons (Fsp3) is 0.867. The van der Waals surface area contributed by atoms with Crippen molar-refractivity contribution < 1.29 is 4.79 Å². The molecule has 1 amide bonds. The van der Waals surface area contributed by atoms with Crippen molar-refractivity contribution in [1.82, 2.24) is 4.90 Å². The van der Waals surface area contributed by atoms with Crippen LogP contribution in [0.15, 0.2) is 0 Å². The normalized spacial score (nSPS) is 31.7. The molecule has 1 saturated carbocycles. The predicted molar refractivity (Wildman–Crippen MR) is 70.7 cm³/mol. The monoisotopic (exact) mass is 248 g/mol. The zero-order valence-corrected chi connectivity index (χ0v) is 11.6. The molecule has 100 valence electrons. The number of likely N-dealkylation sites (tertiary alicyclic amines) is 1. The lowest BCUT2D eigenvalue weighted by Crippen LogP contribution is -2.52. The van der Waals surface area contributed by atoms with Gasteiger partial charge in [0, 0.05) is 12.6 Å². The van der Waals surface area contributed by atoms with E-state index in [1.165, 1.54) is 12.8 Å². The molecular weight excluding hydrogens is 224 g/mol. The second-order valence-electron chi connectivity index (χ2n) is 6.11. The van der Waals surface area contributed by atoms with Crippen LogP contribution in [0.2, 0.25) is 0 Å². The molecule has 2 rings (SSSR count). The molecule has 3 heteroatoms. The van der Waals surface area contributed by atoms with Crippen LogP contribution in [0, 0.1) is 22.7 Å². The number of piperidine rings is 1. The average molecular weight is 248 g/mol. The van der Waals surface area contributed by atoms with Crippen molar-refractivity contribution in [3.63, 3.8) is 0 Å². The molecule has 3 nitrogen and oxygen atoms in total. The van der Waals surface area contributed by atoms with Crippen molar-refractivity contribution in [2.45, 2.75) is 64.8 Å². The van der Waals surface area contributed by atoms with Gasteiger partial charge in [0.15, 0.2) is 0 Å². The highest BCUT2D eigenvalue weighted by Gasteiger charge is 2.44. The van der Waals surface area contributed by atoms with Gasteiger partial charge >= 0.3 is 0 Å².